The summed E-state index contributed by atoms with van der Waals surface area (Å²) in [5.74, 6) is 0.421. The molecule has 4 nitrogen and oxygen atoms in total. The van der Waals surface area contributed by atoms with Crippen molar-refractivity contribution in [1.29, 1.82) is 0 Å². The monoisotopic (exact) mass is 253 g/mol. The Kier molecular flexibility index (Phi) is 4.62. The summed E-state index contributed by atoms with van der Waals surface area (Å²) < 4.78 is 0. The lowest BCUT2D eigenvalue weighted by Crippen LogP contribution is -2.52. The van der Waals surface area contributed by atoms with Gasteiger partial charge in [-0.2, -0.15) is 0 Å². The van der Waals surface area contributed by atoms with Crippen LogP contribution in [0.2, 0.25) is 0 Å². The van der Waals surface area contributed by atoms with E-state index in [1.165, 1.54) is 0 Å². The van der Waals surface area contributed by atoms with E-state index in [-0.39, 0.29) is 11.8 Å². The van der Waals surface area contributed by atoms with Gasteiger partial charge in [0.25, 0.3) is 0 Å². The lowest BCUT2D eigenvalue weighted by molar-refractivity contribution is -0.127. The third-order valence-electron chi connectivity index (χ3n) is 4.65. The Balaban J connectivity index is 1.83. The SMILES string of the molecule is CC1NCCCC1C(=O)NC1CCN(C)C(C)C1. The molecule has 2 fully saturated rings. The molecule has 0 radical (unpaired) electrons. The molecule has 18 heavy (non-hydrogen) atoms. The van der Waals surface area contributed by atoms with Crippen LogP contribution < -0.4 is 10.6 Å². The lowest BCUT2D eigenvalue weighted by atomic mass is 9.90. The number of piperidine rings is 2. The maximum Gasteiger partial charge on any atom is 0.224 e. The largest absolute Gasteiger partial charge is 0.353 e. The highest BCUT2D eigenvalue weighted by Gasteiger charge is 2.30. The van der Waals surface area contributed by atoms with Gasteiger partial charge in [-0.05, 0) is 53.1 Å². The van der Waals surface area contributed by atoms with E-state index in [0.717, 1.165) is 38.8 Å². The Hall–Kier alpha value is -0.610. The molecule has 0 aromatic carbocycles. The molecule has 2 heterocycles. The van der Waals surface area contributed by atoms with Gasteiger partial charge in [-0.1, -0.05) is 0 Å². The van der Waals surface area contributed by atoms with Gasteiger partial charge in [0.05, 0.1) is 5.92 Å². The Labute approximate surface area is 110 Å². The maximum atomic E-state index is 12.3. The highest BCUT2D eigenvalue weighted by atomic mass is 16.2. The van der Waals surface area contributed by atoms with Crippen LogP contribution in [0.15, 0.2) is 0 Å². The van der Waals surface area contributed by atoms with Crippen molar-refractivity contribution in [2.45, 2.75) is 57.7 Å². The van der Waals surface area contributed by atoms with Gasteiger partial charge in [0.15, 0.2) is 0 Å². The van der Waals surface area contributed by atoms with Crippen molar-refractivity contribution in [2.75, 3.05) is 20.1 Å². The minimum Gasteiger partial charge on any atom is -0.353 e. The highest BCUT2D eigenvalue weighted by molar-refractivity contribution is 5.79. The molecule has 2 aliphatic heterocycles. The number of likely N-dealkylation sites (tertiary alicyclic amines) is 1. The van der Waals surface area contributed by atoms with Crippen LogP contribution in [0.5, 0.6) is 0 Å². The van der Waals surface area contributed by atoms with Crippen molar-refractivity contribution in [3.8, 4) is 0 Å². The summed E-state index contributed by atoms with van der Waals surface area (Å²) in [4.78, 5) is 14.7. The van der Waals surface area contributed by atoms with Gasteiger partial charge < -0.3 is 15.5 Å². The molecule has 2 saturated heterocycles. The molecule has 4 atom stereocenters. The molecular weight excluding hydrogens is 226 g/mol. The first-order valence-corrected chi connectivity index (χ1v) is 7.32. The predicted octanol–water partition coefficient (Wildman–Crippen LogP) is 0.973. The van der Waals surface area contributed by atoms with Crippen LogP contribution >= 0.6 is 0 Å². The lowest BCUT2D eigenvalue weighted by Gasteiger charge is -2.37. The fraction of sp³-hybridized carbons (Fsp3) is 0.929. The molecule has 0 bridgehead atoms. The van der Waals surface area contributed by atoms with Crippen LogP contribution in [0.25, 0.3) is 0 Å². The van der Waals surface area contributed by atoms with E-state index in [2.05, 4.69) is 36.4 Å². The molecule has 4 heteroatoms. The van der Waals surface area contributed by atoms with Gasteiger partial charge in [0.2, 0.25) is 5.91 Å². The average Bonchev–Trinajstić information content (AvgIpc) is 2.34. The second kappa shape index (κ2) is 6.02. The zero-order chi connectivity index (χ0) is 13.1. The van der Waals surface area contributed by atoms with E-state index in [9.17, 15) is 4.79 Å². The van der Waals surface area contributed by atoms with Crippen LogP contribution in [0.4, 0.5) is 0 Å². The van der Waals surface area contributed by atoms with E-state index < -0.39 is 0 Å². The number of nitrogens with one attached hydrogen (secondary N) is 2. The minimum absolute atomic E-state index is 0.161. The van der Waals surface area contributed by atoms with Gasteiger partial charge in [-0.3, -0.25) is 4.79 Å². The number of carbonyl (C=O) groups is 1. The Bertz CT molecular complexity index is 295. The smallest absolute Gasteiger partial charge is 0.224 e. The number of carbonyl (C=O) groups excluding carboxylic acids is 1. The van der Waals surface area contributed by atoms with Crippen LogP contribution in [-0.4, -0.2) is 49.1 Å². The summed E-state index contributed by atoms with van der Waals surface area (Å²) in [6.07, 6.45) is 4.31. The molecule has 0 aromatic heterocycles. The average molecular weight is 253 g/mol. The van der Waals surface area contributed by atoms with E-state index in [0.29, 0.717) is 18.1 Å². The summed E-state index contributed by atoms with van der Waals surface area (Å²) >= 11 is 0. The summed E-state index contributed by atoms with van der Waals surface area (Å²) in [7, 11) is 2.16. The molecule has 0 saturated carbocycles. The van der Waals surface area contributed by atoms with Gasteiger partial charge in [-0.15, -0.1) is 0 Å². The molecule has 0 aliphatic carbocycles. The minimum atomic E-state index is 0.161. The molecule has 0 aromatic rings. The van der Waals surface area contributed by atoms with Gasteiger partial charge in [0.1, 0.15) is 0 Å². The molecule has 104 valence electrons. The topological polar surface area (TPSA) is 44.4 Å². The molecule has 2 N–H and O–H groups in total. The van der Waals surface area contributed by atoms with E-state index in [1.807, 2.05) is 0 Å². The van der Waals surface area contributed by atoms with Crippen molar-refractivity contribution >= 4 is 5.91 Å². The molecule has 0 spiro atoms. The molecular formula is C14H27N3O. The van der Waals surface area contributed by atoms with Crippen LogP contribution in [-0.2, 0) is 4.79 Å². The molecule has 1 amide bonds. The van der Waals surface area contributed by atoms with E-state index in [4.69, 9.17) is 0 Å². The summed E-state index contributed by atoms with van der Waals surface area (Å²) in [5, 5.41) is 6.66. The Morgan fingerprint density at radius 1 is 1.33 bits per heavy atom. The van der Waals surface area contributed by atoms with Crippen molar-refractivity contribution in [1.82, 2.24) is 15.5 Å². The third-order valence-corrected chi connectivity index (χ3v) is 4.65. The zero-order valence-corrected chi connectivity index (χ0v) is 11.9. The number of hydrogen-bond acceptors (Lipinski definition) is 3. The number of rotatable bonds is 2. The fourth-order valence-corrected chi connectivity index (χ4v) is 3.13. The second-order valence-electron chi connectivity index (χ2n) is 6.05. The standard InChI is InChI=1S/C14H27N3O/c1-10-9-12(6-8-17(10)3)16-14(18)13-5-4-7-15-11(13)2/h10-13,15H,4-9H2,1-3H3,(H,16,18). The van der Waals surface area contributed by atoms with Gasteiger partial charge in [0, 0.05) is 24.7 Å². The van der Waals surface area contributed by atoms with Crippen LogP contribution in [0, 0.1) is 5.92 Å². The quantitative estimate of drug-likeness (QED) is 0.771. The van der Waals surface area contributed by atoms with Gasteiger partial charge in [-0.25, -0.2) is 0 Å². The molecule has 4 unspecified atom stereocenters. The van der Waals surface area contributed by atoms with Gasteiger partial charge >= 0.3 is 0 Å². The summed E-state index contributed by atoms with van der Waals surface area (Å²) in [6, 6.07) is 1.27. The number of amides is 1. The first kappa shape index (κ1) is 13.8. The van der Waals surface area contributed by atoms with Crippen molar-refractivity contribution in [2.24, 2.45) is 5.92 Å². The third kappa shape index (κ3) is 3.23. The fourth-order valence-electron chi connectivity index (χ4n) is 3.13. The van der Waals surface area contributed by atoms with Crippen LogP contribution in [0.3, 0.4) is 0 Å². The van der Waals surface area contributed by atoms with Crippen molar-refractivity contribution < 1.29 is 4.79 Å². The van der Waals surface area contributed by atoms with Crippen molar-refractivity contribution in [3.05, 3.63) is 0 Å². The predicted molar refractivity (Wildman–Crippen MR) is 73.4 cm³/mol. The first-order valence-electron chi connectivity index (χ1n) is 7.32. The molecule has 2 aliphatic rings. The second-order valence-corrected chi connectivity index (χ2v) is 6.05. The van der Waals surface area contributed by atoms with Crippen molar-refractivity contribution in [3.63, 3.8) is 0 Å². The Morgan fingerprint density at radius 3 is 2.78 bits per heavy atom. The number of hydrogen-bond donors (Lipinski definition) is 2. The zero-order valence-electron chi connectivity index (χ0n) is 11.9. The first-order chi connectivity index (χ1) is 8.58. The molecule has 2 rings (SSSR count). The Morgan fingerprint density at radius 2 is 2.11 bits per heavy atom. The van der Waals surface area contributed by atoms with Crippen LogP contribution in [0.1, 0.15) is 39.5 Å². The normalized spacial score (nSPS) is 38.4. The van der Waals surface area contributed by atoms with E-state index >= 15 is 0 Å². The summed E-state index contributed by atoms with van der Waals surface area (Å²) in [6.45, 7) is 6.50. The maximum absolute atomic E-state index is 12.3. The van der Waals surface area contributed by atoms with E-state index in [1.54, 1.807) is 0 Å². The summed E-state index contributed by atoms with van der Waals surface area (Å²) in [5.41, 5.74) is 0. The highest BCUT2D eigenvalue weighted by Crippen LogP contribution is 2.19. The number of nitrogens with zero attached hydrogens (tertiary/aromatic N) is 1.